The molecule has 0 amide bonds. The standard InChI is InChI=1S/C5H4FN7O14/c6-3(7(14)15,1-4(8(16)17,9(18)19)10(20)21)2-5(11(22)23,12(24)25)13(26)27/h1-2H2. The maximum absolute atomic E-state index is 14.5. The Morgan fingerprint density at radius 3 is 0.778 bits per heavy atom. The zero-order chi connectivity index (χ0) is 22.0. The summed E-state index contributed by atoms with van der Waals surface area (Å²) < 4.78 is 14.5. The Balaban J connectivity index is 6.71. The molecule has 0 aliphatic rings. The van der Waals surface area contributed by atoms with E-state index >= 15 is 0 Å². The van der Waals surface area contributed by atoms with Gasteiger partial charge in [-0.25, -0.2) is 0 Å². The molecule has 0 aromatic heterocycles. The van der Waals surface area contributed by atoms with Crippen LogP contribution in [0.25, 0.3) is 0 Å². The van der Waals surface area contributed by atoms with E-state index in [0.29, 0.717) is 0 Å². The van der Waals surface area contributed by atoms with Gasteiger partial charge in [-0.05, 0) is 0 Å². The summed E-state index contributed by atoms with van der Waals surface area (Å²) in [5.74, 6) is -14.9. The van der Waals surface area contributed by atoms with Crippen LogP contribution in [-0.2, 0) is 0 Å². The molecular weight excluding hydrogens is 401 g/mol. The molecule has 21 nitrogen and oxygen atoms in total. The van der Waals surface area contributed by atoms with Gasteiger partial charge >= 0.3 is 17.4 Å². The zero-order valence-electron chi connectivity index (χ0n) is 12.1. The van der Waals surface area contributed by atoms with Crippen molar-refractivity contribution in [2.75, 3.05) is 0 Å². The third-order valence-corrected chi connectivity index (χ3v) is 3.10. The molecule has 0 saturated carbocycles. The van der Waals surface area contributed by atoms with Crippen LogP contribution >= 0.6 is 0 Å². The summed E-state index contributed by atoms with van der Waals surface area (Å²) >= 11 is 0. The van der Waals surface area contributed by atoms with E-state index in [4.69, 9.17) is 0 Å². The molecule has 0 saturated heterocycles. The summed E-state index contributed by atoms with van der Waals surface area (Å²) in [6.45, 7) is 0. The highest BCUT2D eigenvalue weighted by Crippen LogP contribution is 2.37. The molecule has 0 atom stereocenters. The van der Waals surface area contributed by atoms with E-state index in [1.54, 1.807) is 0 Å². The molecule has 0 radical (unpaired) electrons. The van der Waals surface area contributed by atoms with Crippen LogP contribution < -0.4 is 0 Å². The lowest BCUT2D eigenvalue weighted by Crippen LogP contribution is -2.63. The quantitative estimate of drug-likeness (QED) is 0.166. The molecule has 0 bridgehead atoms. The molecule has 0 aliphatic carbocycles. The third kappa shape index (κ3) is 3.42. The number of rotatable bonds is 11. The van der Waals surface area contributed by atoms with Crippen LogP contribution in [0.2, 0.25) is 0 Å². The second-order valence-corrected chi connectivity index (χ2v) is 4.62. The number of nitrogens with zero attached hydrogens (tertiary/aromatic N) is 7. The van der Waals surface area contributed by atoms with E-state index in [2.05, 4.69) is 0 Å². The monoisotopic (exact) mass is 405 g/mol. The van der Waals surface area contributed by atoms with Gasteiger partial charge in [-0.3, -0.25) is 70.8 Å². The fourth-order valence-electron chi connectivity index (χ4n) is 1.71. The molecule has 0 unspecified atom stereocenters. The van der Waals surface area contributed by atoms with Crippen molar-refractivity contribution >= 4 is 0 Å². The lowest BCUT2D eigenvalue weighted by atomic mass is 9.99. The molecule has 0 fully saturated rings. The average molecular weight is 405 g/mol. The van der Waals surface area contributed by atoms with Crippen molar-refractivity contribution in [3.05, 3.63) is 70.8 Å². The van der Waals surface area contributed by atoms with Crippen molar-refractivity contribution in [2.45, 2.75) is 30.2 Å². The first-order valence-corrected chi connectivity index (χ1v) is 5.72. The summed E-state index contributed by atoms with van der Waals surface area (Å²) in [4.78, 5) is 58.2. The predicted octanol–water partition coefficient (Wildman–Crippen LogP) is -1.32. The second-order valence-electron chi connectivity index (χ2n) is 4.62. The number of halogens is 1. The van der Waals surface area contributed by atoms with Gasteiger partial charge in [-0.15, -0.1) is 0 Å². The van der Waals surface area contributed by atoms with E-state index in [1.165, 1.54) is 0 Å². The van der Waals surface area contributed by atoms with Crippen LogP contribution in [0.3, 0.4) is 0 Å². The summed E-state index contributed by atoms with van der Waals surface area (Å²) in [6.07, 6.45) is -6.06. The molecule has 0 aromatic carbocycles. The number of alkyl halides is 1. The molecule has 0 aliphatic heterocycles. The van der Waals surface area contributed by atoms with Gasteiger partial charge in [0.15, 0.2) is 29.5 Å². The Hall–Kier alpha value is -4.27. The van der Waals surface area contributed by atoms with E-state index in [0.717, 1.165) is 0 Å². The average Bonchev–Trinajstić information content (AvgIpc) is 2.47. The van der Waals surface area contributed by atoms with Crippen LogP contribution in [0.5, 0.6) is 0 Å². The highest BCUT2D eigenvalue weighted by Gasteiger charge is 2.84. The largest absolute Gasteiger partial charge is 0.710 e. The molecule has 0 aromatic rings. The highest BCUT2D eigenvalue weighted by molar-refractivity contribution is 4.76. The minimum Gasteiger partial charge on any atom is -0.261 e. The number of nitro groups is 7. The first-order valence-electron chi connectivity index (χ1n) is 5.72. The molecule has 0 N–H and O–H groups in total. The van der Waals surface area contributed by atoms with Crippen molar-refractivity contribution in [3.8, 4) is 0 Å². The van der Waals surface area contributed by atoms with E-state index < -0.39 is 64.7 Å². The van der Waals surface area contributed by atoms with Crippen LogP contribution in [-0.4, -0.2) is 51.8 Å². The van der Waals surface area contributed by atoms with Gasteiger partial charge in [0.1, 0.15) is 0 Å². The van der Waals surface area contributed by atoms with Crippen molar-refractivity contribution < 1.29 is 38.9 Å². The van der Waals surface area contributed by atoms with Gasteiger partial charge in [-0.1, -0.05) is 0 Å². The van der Waals surface area contributed by atoms with E-state index in [1.807, 2.05) is 0 Å². The minimum atomic E-state index is -5.07. The Bertz CT molecular complexity index is 624. The Labute approximate surface area is 141 Å². The van der Waals surface area contributed by atoms with E-state index in [9.17, 15) is 75.2 Å². The van der Waals surface area contributed by atoms with Crippen LogP contribution in [0, 0.1) is 70.8 Å². The van der Waals surface area contributed by atoms with Gasteiger partial charge in [0.05, 0.1) is 4.92 Å². The smallest absolute Gasteiger partial charge is 0.261 e. The first-order chi connectivity index (χ1) is 12.0. The summed E-state index contributed by atoms with van der Waals surface area (Å²) in [5.41, 5.74) is 0. The second kappa shape index (κ2) is 6.92. The topological polar surface area (TPSA) is 302 Å². The van der Waals surface area contributed by atoms with Gasteiger partial charge in [0.25, 0.3) is 12.8 Å². The maximum atomic E-state index is 14.5. The lowest BCUT2D eigenvalue weighted by molar-refractivity contribution is -0.984. The normalized spacial score (nSPS) is 12.0. The molecule has 27 heavy (non-hydrogen) atoms. The minimum absolute atomic E-state index is 2.41. The number of hydrogen-bond acceptors (Lipinski definition) is 14. The van der Waals surface area contributed by atoms with E-state index in [-0.39, 0.29) is 0 Å². The SMILES string of the molecule is O=[N+]([O-])C(F)(CC([N+](=O)[O-])([N+](=O)[O-])[N+](=O)[O-])CC([N+](=O)[O-])([N+](=O)[O-])[N+](=O)[O-]. The van der Waals surface area contributed by atoms with Crippen molar-refractivity contribution in [3.63, 3.8) is 0 Å². The Kier molecular flexibility index (Phi) is 5.83. The van der Waals surface area contributed by atoms with Crippen LogP contribution in [0.4, 0.5) is 4.39 Å². The van der Waals surface area contributed by atoms with Gasteiger partial charge < -0.3 is 0 Å². The van der Waals surface area contributed by atoms with Crippen molar-refractivity contribution in [2.24, 2.45) is 0 Å². The van der Waals surface area contributed by atoms with Gasteiger partial charge in [0, 0.05) is 0 Å². The number of hydrogen-bond donors (Lipinski definition) is 0. The van der Waals surface area contributed by atoms with Gasteiger partial charge in [-0.2, -0.15) is 4.39 Å². The highest BCUT2D eigenvalue weighted by atomic mass is 19.1. The zero-order valence-corrected chi connectivity index (χ0v) is 12.1. The fraction of sp³-hybridized carbons (Fsp3) is 1.00. The lowest BCUT2D eigenvalue weighted by Gasteiger charge is -2.18. The van der Waals surface area contributed by atoms with Crippen molar-refractivity contribution in [1.82, 2.24) is 0 Å². The fourth-order valence-corrected chi connectivity index (χ4v) is 1.71. The summed E-state index contributed by atoms with van der Waals surface area (Å²) in [5, 5.41) is 75.0. The molecule has 150 valence electrons. The van der Waals surface area contributed by atoms with Crippen LogP contribution in [0.15, 0.2) is 0 Å². The Morgan fingerprint density at radius 1 is 0.481 bits per heavy atom. The molecule has 0 spiro atoms. The molecule has 0 heterocycles. The maximum Gasteiger partial charge on any atom is 0.710 e. The molecule has 0 rings (SSSR count). The third-order valence-electron chi connectivity index (χ3n) is 3.10. The summed E-state index contributed by atoms with van der Waals surface area (Å²) in [6, 6.07) is 0. The Morgan fingerprint density at radius 2 is 0.667 bits per heavy atom. The molecular formula is C5H4FN7O14. The van der Waals surface area contributed by atoms with Crippen LogP contribution in [0.1, 0.15) is 12.8 Å². The first kappa shape index (κ1) is 22.7. The summed E-state index contributed by atoms with van der Waals surface area (Å²) in [7, 11) is 0. The van der Waals surface area contributed by atoms with Crippen molar-refractivity contribution in [1.29, 1.82) is 0 Å². The molecule has 22 heteroatoms. The van der Waals surface area contributed by atoms with Gasteiger partial charge in [0.2, 0.25) is 0 Å². The predicted molar refractivity (Wildman–Crippen MR) is 67.5 cm³/mol.